The fourth-order valence-electron chi connectivity index (χ4n) is 3.17. The van der Waals surface area contributed by atoms with Crippen LogP contribution in [0.5, 0.6) is 0 Å². The highest BCUT2D eigenvalue weighted by atomic mass is 35.5. The number of nitrogens with zero attached hydrogens (tertiary/aromatic N) is 3. The van der Waals surface area contributed by atoms with Crippen LogP contribution in [0.2, 0.25) is 5.02 Å². The lowest BCUT2D eigenvalue weighted by Gasteiger charge is -2.35. The van der Waals surface area contributed by atoms with Crippen molar-refractivity contribution in [3.05, 3.63) is 51.9 Å². The predicted molar refractivity (Wildman–Crippen MR) is 94.1 cm³/mol. The molecule has 130 valence electrons. The number of aliphatic hydroxyl groups excluding tert-OH is 1. The lowest BCUT2D eigenvalue weighted by Crippen LogP contribution is -2.47. The van der Waals surface area contributed by atoms with Gasteiger partial charge in [0.25, 0.3) is 0 Å². The number of aryl methyl sites for hydroxylation is 2. The van der Waals surface area contributed by atoms with E-state index in [-0.39, 0.29) is 0 Å². The van der Waals surface area contributed by atoms with Gasteiger partial charge in [-0.25, -0.2) is 0 Å². The molecule has 5 nitrogen and oxygen atoms in total. The van der Waals surface area contributed by atoms with Gasteiger partial charge in [-0.3, -0.25) is 9.80 Å². The maximum Gasteiger partial charge on any atom is 0.138 e. The van der Waals surface area contributed by atoms with E-state index in [1.54, 1.807) is 0 Å². The highest BCUT2D eigenvalue weighted by Crippen LogP contribution is 2.24. The van der Waals surface area contributed by atoms with Crippen LogP contribution in [0.1, 0.15) is 28.7 Å². The molecule has 1 aromatic heterocycles. The van der Waals surface area contributed by atoms with E-state index in [0.717, 1.165) is 49.7 Å². The van der Waals surface area contributed by atoms with Crippen molar-refractivity contribution in [2.24, 2.45) is 0 Å². The van der Waals surface area contributed by atoms with Gasteiger partial charge < -0.3 is 9.63 Å². The van der Waals surface area contributed by atoms with Gasteiger partial charge in [-0.15, -0.1) is 0 Å². The van der Waals surface area contributed by atoms with Crippen molar-refractivity contribution >= 4 is 11.6 Å². The van der Waals surface area contributed by atoms with E-state index in [1.807, 2.05) is 38.1 Å². The third-order valence-corrected chi connectivity index (χ3v) is 5.07. The zero-order valence-corrected chi connectivity index (χ0v) is 15.0. The van der Waals surface area contributed by atoms with Gasteiger partial charge in [0.05, 0.1) is 11.8 Å². The number of aromatic nitrogens is 1. The van der Waals surface area contributed by atoms with Crippen molar-refractivity contribution in [2.45, 2.75) is 26.5 Å². The zero-order valence-electron chi connectivity index (χ0n) is 14.2. The summed E-state index contributed by atoms with van der Waals surface area (Å²) in [6.45, 7) is 9.26. The molecule has 0 bridgehead atoms. The Balaban J connectivity index is 1.51. The number of rotatable bonds is 5. The minimum absolute atomic E-state index is 0.548. The molecule has 1 unspecified atom stereocenters. The van der Waals surface area contributed by atoms with Gasteiger partial charge >= 0.3 is 0 Å². The average molecular weight is 350 g/mol. The fourth-order valence-corrected chi connectivity index (χ4v) is 3.43. The molecule has 2 aromatic rings. The predicted octanol–water partition coefficient (Wildman–Crippen LogP) is 2.80. The number of hydrogen-bond acceptors (Lipinski definition) is 5. The van der Waals surface area contributed by atoms with Crippen molar-refractivity contribution in [3.8, 4) is 0 Å². The van der Waals surface area contributed by atoms with Crippen LogP contribution in [0, 0.1) is 13.8 Å². The minimum atomic E-state index is -0.548. The van der Waals surface area contributed by atoms with Crippen LogP contribution in [-0.2, 0) is 6.54 Å². The maximum atomic E-state index is 10.4. The highest BCUT2D eigenvalue weighted by Gasteiger charge is 2.22. The third-order valence-electron chi connectivity index (χ3n) is 4.72. The first-order valence-corrected chi connectivity index (χ1v) is 8.71. The lowest BCUT2D eigenvalue weighted by atomic mass is 10.1. The second-order valence-electron chi connectivity index (χ2n) is 6.42. The van der Waals surface area contributed by atoms with Gasteiger partial charge in [0.1, 0.15) is 5.76 Å². The molecule has 1 N–H and O–H groups in total. The van der Waals surface area contributed by atoms with Gasteiger partial charge in [0.15, 0.2) is 0 Å². The van der Waals surface area contributed by atoms with Crippen LogP contribution in [-0.4, -0.2) is 52.8 Å². The van der Waals surface area contributed by atoms with Gasteiger partial charge in [0.2, 0.25) is 0 Å². The number of β-amino-alcohol motifs (C(OH)–C–C–N with tert-alkyl or cyclic N) is 1. The second kappa shape index (κ2) is 7.66. The first kappa shape index (κ1) is 17.4. The Morgan fingerprint density at radius 3 is 2.46 bits per heavy atom. The molecule has 1 aliphatic heterocycles. The molecule has 0 aliphatic carbocycles. The number of piperazine rings is 1. The van der Waals surface area contributed by atoms with Gasteiger partial charge in [-0.05, 0) is 19.9 Å². The van der Waals surface area contributed by atoms with E-state index < -0.39 is 6.10 Å². The molecular formula is C18H24ClN3O2. The summed E-state index contributed by atoms with van der Waals surface area (Å²) < 4.78 is 5.24. The summed E-state index contributed by atoms with van der Waals surface area (Å²) in [7, 11) is 0. The smallest absolute Gasteiger partial charge is 0.138 e. The summed E-state index contributed by atoms with van der Waals surface area (Å²) in [5, 5.41) is 15.1. The van der Waals surface area contributed by atoms with Crippen LogP contribution in [0.25, 0.3) is 0 Å². The van der Waals surface area contributed by atoms with E-state index in [2.05, 4.69) is 15.0 Å². The monoisotopic (exact) mass is 349 g/mol. The van der Waals surface area contributed by atoms with Crippen LogP contribution >= 0.6 is 11.6 Å². The molecule has 24 heavy (non-hydrogen) atoms. The molecule has 2 heterocycles. The summed E-state index contributed by atoms with van der Waals surface area (Å²) in [5.74, 6) is 0.907. The van der Waals surface area contributed by atoms with Crippen molar-refractivity contribution < 1.29 is 9.63 Å². The molecule has 0 spiro atoms. The summed E-state index contributed by atoms with van der Waals surface area (Å²) >= 11 is 6.17. The summed E-state index contributed by atoms with van der Waals surface area (Å²) in [6.07, 6.45) is -0.548. The molecule has 3 rings (SSSR count). The highest BCUT2D eigenvalue weighted by molar-refractivity contribution is 6.31. The quantitative estimate of drug-likeness (QED) is 0.899. The van der Waals surface area contributed by atoms with Crippen molar-refractivity contribution in [1.29, 1.82) is 0 Å². The Morgan fingerprint density at radius 1 is 1.17 bits per heavy atom. The van der Waals surface area contributed by atoms with E-state index in [0.29, 0.717) is 11.6 Å². The first-order valence-electron chi connectivity index (χ1n) is 8.33. The third kappa shape index (κ3) is 3.98. The lowest BCUT2D eigenvalue weighted by molar-refractivity contribution is 0.0699. The van der Waals surface area contributed by atoms with E-state index in [9.17, 15) is 5.11 Å². The Bertz CT molecular complexity index is 661. The maximum absolute atomic E-state index is 10.4. The molecule has 0 radical (unpaired) electrons. The van der Waals surface area contributed by atoms with E-state index >= 15 is 0 Å². The Morgan fingerprint density at radius 2 is 1.83 bits per heavy atom. The Hall–Kier alpha value is -1.40. The normalized spacial score (nSPS) is 18.0. The average Bonchev–Trinajstić information content (AvgIpc) is 2.89. The minimum Gasteiger partial charge on any atom is -0.387 e. The van der Waals surface area contributed by atoms with Gasteiger partial charge in [-0.2, -0.15) is 0 Å². The Kier molecular flexibility index (Phi) is 5.56. The topological polar surface area (TPSA) is 52.7 Å². The molecule has 6 heteroatoms. The largest absolute Gasteiger partial charge is 0.387 e. The number of hydrogen-bond donors (Lipinski definition) is 1. The molecule has 1 atom stereocenters. The molecular weight excluding hydrogens is 326 g/mol. The molecule has 1 aromatic carbocycles. The van der Waals surface area contributed by atoms with Crippen LogP contribution < -0.4 is 0 Å². The zero-order chi connectivity index (χ0) is 17.1. The van der Waals surface area contributed by atoms with E-state index in [1.165, 1.54) is 5.56 Å². The van der Waals surface area contributed by atoms with Crippen LogP contribution in [0.15, 0.2) is 28.8 Å². The van der Waals surface area contributed by atoms with Crippen LogP contribution in [0.4, 0.5) is 0 Å². The first-order chi connectivity index (χ1) is 11.5. The molecule has 0 saturated carbocycles. The molecule has 1 aliphatic rings. The number of benzene rings is 1. The Labute approximate surface area is 147 Å². The summed E-state index contributed by atoms with van der Waals surface area (Å²) in [6, 6.07) is 7.50. The summed E-state index contributed by atoms with van der Waals surface area (Å²) in [4.78, 5) is 4.70. The van der Waals surface area contributed by atoms with Gasteiger partial charge in [-0.1, -0.05) is 35.0 Å². The van der Waals surface area contributed by atoms with Crippen LogP contribution in [0.3, 0.4) is 0 Å². The molecule has 1 fully saturated rings. The van der Waals surface area contributed by atoms with E-state index in [4.69, 9.17) is 16.1 Å². The van der Waals surface area contributed by atoms with Gasteiger partial charge in [0, 0.05) is 55.4 Å². The second-order valence-corrected chi connectivity index (χ2v) is 6.82. The summed E-state index contributed by atoms with van der Waals surface area (Å²) in [5.41, 5.74) is 2.97. The fraction of sp³-hybridized carbons (Fsp3) is 0.500. The van der Waals surface area contributed by atoms with Crippen molar-refractivity contribution in [1.82, 2.24) is 15.0 Å². The number of halogens is 1. The molecule has 1 saturated heterocycles. The SMILES string of the molecule is Cc1noc(C)c1CN1CCN(CC(O)c2ccccc2Cl)CC1. The molecule has 0 amide bonds. The van der Waals surface area contributed by atoms with Crippen molar-refractivity contribution in [2.75, 3.05) is 32.7 Å². The number of aliphatic hydroxyl groups is 1. The standard InChI is InChI=1S/C18H24ClN3O2/c1-13-16(14(2)24-20-13)11-21-7-9-22(10-8-21)12-18(23)15-5-3-4-6-17(15)19/h3-6,18,23H,7-12H2,1-2H3. The van der Waals surface area contributed by atoms with Crippen molar-refractivity contribution in [3.63, 3.8) is 0 Å².